The van der Waals surface area contributed by atoms with Crippen molar-refractivity contribution in [2.24, 2.45) is 0 Å². The van der Waals surface area contributed by atoms with Gasteiger partial charge >= 0.3 is 0 Å². The number of para-hydroxylation sites is 2. The van der Waals surface area contributed by atoms with Crippen molar-refractivity contribution < 1.29 is 13.2 Å². The Morgan fingerprint density at radius 3 is 2.55 bits per heavy atom. The zero-order chi connectivity index (χ0) is 14.8. The maximum atomic E-state index is 12.3. The highest BCUT2D eigenvalue weighted by Crippen LogP contribution is 2.29. The summed E-state index contributed by atoms with van der Waals surface area (Å²) in [7, 11) is -2.30. The van der Waals surface area contributed by atoms with Crippen molar-refractivity contribution in [2.45, 2.75) is 4.90 Å². The first-order valence-corrected chi connectivity index (χ1v) is 7.92. The second kappa shape index (κ2) is 5.72. The standard InChI is InChI=1S/C13H13BrN2O3S/c1-19-12-5-3-2-4-11(12)16-20(17,18)13-7-6-9(14)8-10(13)15/h2-8,16H,15H2,1H3. The van der Waals surface area contributed by atoms with Gasteiger partial charge in [-0.15, -0.1) is 0 Å². The Bertz CT molecular complexity index is 732. The Kier molecular flexibility index (Phi) is 4.20. The molecule has 0 spiro atoms. The normalized spacial score (nSPS) is 11.1. The fourth-order valence-corrected chi connectivity index (χ4v) is 3.26. The van der Waals surface area contributed by atoms with E-state index in [-0.39, 0.29) is 10.6 Å². The van der Waals surface area contributed by atoms with E-state index in [1.165, 1.54) is 19.2 Å². The number of nitrogens with one attached hydrogen (secondary N) is 1. The third kappa shape index (κ3) is 3.05. The molecule has 0 bridgehead atoms. The lowest BCUT2D eigenvalue weighted by molar-refractivity contribution is 0.417. The number of anilines is 2. The van der Waals surface area contributed by atoms with Crippen molar-refractivity contribution in [2.75, 3.05) is 17.6 Å². The molecule has 2 aromatic rings. The number of nitrogens with two attached hydrogens (primary N) is 1. The van der Waals surface area contributed by atoms with Crippen LogP contribution in [0.15, 0.2) is 51.8 Å². The van der Waals surface area contributed by atoms with Gasteiger partial charge < -0.3 is 10.5 Å². The number of sulfonamides is 1. The Morgan fingerprint density at radius 1 is 1.20 bits per heavy atom. The quantitative estimate of drug-likeness (QED) is 0.825. The highest BCUT2D eigenvalue weighted by Gasteiger charge is 2.19. The SMILES string of the molecule is COc1ccccc1NS(=O)(=O)c1ccc(Br)cc1N. The number of hydrogen-bond acceptors (Lipinski definition) is 4. The van der Waals surface area contributed by atoms with Gasteiger partial charge in [-0.05, 0) is 30.3 Å². The maximum absolute atomic E-state index is 12.3. The summed E-state index contributed by atoms with van der Waals surface area (Å²) in [5.41, 5.74) is 6.28. The van der Waals surface area contributed by atoms with Crippen LogP contribution in [0, 0.1) is 0 Å². The minimum absolute atomic E-state index is 0.0200. The van der Waals surface area contributed by atoms with E-state index in [2.05, 4.69) is 20.7 Å². The van der Waals surface area contributed by atoms with Crippen LogP contribution in [0.4, 0.5) is 11.4 Å². The van der Waals surface area contributed by atoms with E-state index >= 15 is 0 Å². The molecular weight excluding hydrogens is 344 g/mol. The summed E-state index contributed by atoms with van der Waals surface area (Å²) in [6.07, 6.45) is 0. The number of nitrogen functional groups attached to an aromatic ring is 1. The molecule has 0 aliphatic carbocycles. The van der Waals surface area contributed by atoms with Crippen molar-refractivity contribution in [3.05, 3.63) is 46.9 Å². The first kappa shape index (κ1) is 14.7. The fraction of sp³-hybridized carbons (Fsp3) is 0.0769. The zero-order valence-electron chi connectivity index (χ0n) is 10.6. The van der Waals surface area contributed by atoms with Crippen molar-refractivity contribution >= 4 is 37.3 Å². The van der Waals surface area contributed by atoms with Crippen LogP contribution in [0.25, 0.3) is 0 Å². The van der Waals surface area contributed by atoms with Crippen LogP contribution in [0.2, 0.25) is 0 Å². The topological polar surface area (TPSA) is 81.4 Å². The van der Waals surface area contributed by atoms with E-state index < -0.39 is 10.0 Å². The molecular formula is C13H13BrN2O3S. The van der Waals surface area contributed by atoms with Crippen molar-refractivity contribution in [1.29, 1.82) is 0 Å². The van der Waals surface area contributed by atoms with Crippen molar-refractivity contribution in [3.8, 4) is 5.75 Å². The molecule has 0 aromatic heterocycles. The molecule has 0 fully saturated rings. The number of ether oxygens (including phenoxy) is 1. The van der Waals surface area contributed by atoms with Gasteiger partial charge in [-0.2, -0.15) is 0 Å². The molecule has 106 valence electrons. The van der Waals surface area contributed by atoms with Crippen LogP contribution >= 0.6 is 15.9 Å². The molecule has 0 radical (unpaired) electrons. The van der Waals surface area contributed by atoms with E-state index in [0.717, 1.165) is 0 Å². The summed E-state index contributed by atoms with van der Waals surface area (Å²) in [5, 5.41) is 0. The van der Waals surface area contributed by atoms with E-state index in [4.69, 9.17) is 10.5 Å². The lowest BCUT2D eigenvalue weighted by Gasteiger charge is -2.13. The highest BCUT2D eigenvalue weighted by atomic mass is 79.9. The van der Waals surface area contributed by atoms with Crippen LogP contribution in [-0.4, -0.2) is 15.5 Å². The first-order valence-electron chi connectivity index (χ1n) is 5.65. The van der Waals surface area contributed by atoms with E-state index in [9.17, 15) is 8.42 Å². The minimum atomic E-state index is -3.77. The van der Waals surface area contributed by atoms with Crippen LogP contribution in [0.5, 0.6) is 5.75 Å². The van der Waals surface area contributed by atoms with Crippen molar-refractivity contribution in [3.63, 3.8) is 0 Å². The van der Waals surface area contributed by atoms with Gasteiger partial charge in [0.2, 0.25) is 0 Å². The number of rotatable bonds is 4. The lowest BCUT2D eigenvalue weighted by atomic mass is 10.3. The Morgan fingerprint density at radius 2 is 1.90 bits per heavy atom. The van der Waals surface area contributed by atoms with Crippen LogP contribution < -0.4 is 15.2 Å². The monoisotopic (exact) mass is 356 g/mol. The molecule has 0 aliphatic heterocycles. The van der Waals surface area contributed by atoms with Gasteiger partial charge in [0.1, 0.15) is 10.6 Å². The minimum Gasteiger partial charge on any atom is -0.495 e. The molecule has 0 saturated carbocycles. The zero-order valence-corrected chi connectivity index (χ0v) is 13.0. The largest absolute Gasteiger partial charge is 0.495 e. The number of hydrogen-bond donors (Lipinski definition) is 2. The van der Waals surface area contributed by atoms with E-state index in [1.54, 1.807) is 30.3 Å². The van der Waals surface area contributed by atoms with Crippen LogP contribution in [0.1, 0.15) is 0 Å². The molecule has 20 heavy (non-hydrogen) atoms. The molecule has 0 amide bonds. The van der Waals surface area contributed by atoms with Gasteiger partial charge in [0.15, 0.2) is 0 Å². The van der Waals surface area contributed by atoms with E-state index in [0.29, 0.717) is 15.9 Å². The van der Waals surface area contributed by atoms with Gasteiger partial charge in [-0.3, -0.25) is 4.72 Å². The molecule has 0 unspecified atom stereocenters. The summed E-state index contributed by atoms with van der Waals surface area (Å²) < 4.78 is 33.0. The smallest absolute Gasteiger partial charge is 0.264 e. The average molecular weight is 357 g/mol. The third-order valence-corrected chi connectivity index (χ3v) is 4.55. The Balaban J connectivity index is 2.41. The average Bonchev–Trinajstić information content (AvgIpc) is 2.38. The van der Waals surface area contributed by atoms with Gasteiger partial charge in [-0.1, -0.05) is 28.1 Å². The lowest BCUT2D eigenvalue weighted by Crippen LogP contribution is -2.15. The predicted octanol–water partition coefficient (Wildman–Crippen LogP) is 2.84. The molecule has 7 heteroatoms. The number of methoxy groups -OCH3 is 1. The van der Waals surface area contributed by atoms with Crippen molar-refractivity contribution in [1.82, 2.24) is 0 Å². The van der Waals surface area contributed by atoms with Gasteiger partial charge in [0, 0.05) is 4.47 Å². The summed E-state index contributed by atoms with van der Waals surface area (Å²) >= 11 is 3.24. The Labute approximate surface area is 125 Å². The molecule has 0 aliphatic rings. The Hall–Kier alpha value is -1.73. The molecule has 0 atom stereocenters. The second-order valence-electron chi connectivity index (χ2n) is 3.99. The predicted molar refractivity (Wildman–Crippen MR) is 82.4 cm³/mol. The van der Waals surface area contributed by atoms with Crippen LogP contribution in [-0.2, 0) is 10.0 Å². The molecule has 2 aromatic carbocycles. The summed E-state index contributed by atoms with van der Waals surface area (Å²) in [6.45, 7) is 0. The molecule has 0 saturated heterocycles. The highest BCUT2D eigenvalue weighted by molar-refractivity contribution is 9.10. The molecule has 5 nitrogen and oxygen atoms in total. The van der Waals surface area contributed by atoms with Gasteiger partial charge in [0.05, 0.1) is 18.5 Å². The summed E-state index contributed by atoms with van der Waals surface area (Å²) in [5.74, 6) is 0.437. The molecule has 2 rings (SSSR count). The maximum Gasteiger partial charge on any atom is 0.264 e. The summed E-state index contributed by atoms with van der Waals surface area (Å²) in [4.78, 5) is 0.0200. The third-order valence-electron chi connectivity index (χ3n) is 2.61. The van der Waals surface area contributed by atoms with E-state index in [1.807, 2.05) is 0 Å². The molecule has 0 heterocycles. The van der Waals surface area contributed by atoms with Gasteiger partial charge in [-0.25, -0.2) is 8.42 Å². The number of halogens is 1. The molecule has 3 N–H and O–H groups in total. The fourth-order valence-electron chi connectivity index (χ4n) is 1.69. The van der Waals surface area contributed by atoms with Gasteiger partial charge in [0.25, 0.3) is 10.0 Å². The van der Waals surface area contributed by atoms with Crippen LogP contribution in [0.3, 0.4) is 0 Å². The first-order chi connectivity index (χ1) is 9.44. The second-order valence-corrected chi connectivity index (χ2v) is 6.55. The number of benzene rings is 2. The summed E-state index contributed by atoms with van der Waals surface area (Å²) in [6, 6.07) is 11.4.